The molecule has 0 radical (unpaired) electrons. The van der Waals surface area contributed by atoms with Crippen molar-refractivity contribution in [1.29, 1.82) is 0 Å². The van der Waals surface area contributed by atoms with Gasteiger partial charge in [0, 0.05) is 17.0 Å². The highest BCUT2D eigenvalue weighted by Crippen LogP contribution is 2.15. The average Bonchev–Trinajstić information content (AvgIpc) is 2.70. The SMILES string of the molecule is O=C(NC(Cc1ccccc1)C(=O)Nc1ccccc1F)c1ccc(Cl)cc1. The maximum Gasteiger partial charge on any atom is 0.251 e. The second-order valence-corrected chi connectivity index (χ2v) is 6.63. The van der Waals surface area contributed by atoms with Gasteiger partial charge < -0.3 is 10.6 Å². The zero-order valence-corrected chi connectivity index (χ0v) is 15.6. The number of rotatable bonds is 6. The van der Waals surface area contributed by atoms with Gasteiger partial charge in [0.15, 0.2) is 0 Å². The third kappa shape index (κ3) is 5.18. The van der Waals surface area contributed by atoms with E-state index in [1.54, 1.807) is 30.3 Å². The first-order valence-electron chi connectivity index (χ1n) is 8.68. The highest BCUT2D eigenvalue weighted by Gasteiger charge is 2.23. The highest BCUT2D eigenvalue weighted by atomic mass is 35.5. The van der Waals surface area contributed by atoms with Gasteiger partial charge in [0.05, 0.1) is 5.69 Å². The van der Waals surface area contributed by atoms with Crippen LogP contribution >= 0.6 is 11.6 Å². The van der Waals surface area contributed by atoms with Crippen molar-refractivity contribution in [2.75, 3.05) is 5.32 Å². The standard InChI is InChI=1S/C22H18ClFN2O2/c23-17-12-10-16(11-13-17)21(27)26-20(14-15-6-2-1-3-7-15)22(28)25-19-9-5-4-8-18(19)24/h1-13,20H,14H2,(H,25,28)(H,26,27). The number of carbonyl (C=O) groups is 2. The molecule has 28 heavy (non-hydrogen) atoms. The Hall–Kier alpha value is -3.18. The van der Waals surface area contributed by atoms with Gasteiger partial charge in [0.25, 0.3) is 5.91 Å². The smallest absolute Gasteiger partial charge is 0.251 e. The highest BCUT2D eigenvalue weighted by molar-refractivity contribution is 6.30. The number of anilines is 1. The zero-order valence-electron chi connectivity index (χ0n) is 14.9. The largest absolute Gasteiger partial charge is 0.340 e. The Kier molecular flexibility index (Phi) is 6.40. The molecule has 0 spiro atoms. The second kappa shape index (κ2) is 9.15. The Morgan fingerprint density at radius 1 is 0.893 bits per heavy atom. The van der Waals surface area contributed by atoms with E-state index in [9.17, 15) is 14.0 Å². The fourth-order valence-corrected chi connectivity index (χ4v) is 2.81. The third-order valence-corrected chi connectivity index (χ3v) is 4.39. The second-order valence-electron chi connectivity index (χ2n) is 6.19. The van der Waals surface area contributed by atoms with E-state index in [4.69, 9.17) is 11.6 Å². The summed E-state index contributed by atoms with van der Waals surface area (Å²) in [5.41, 5.74) is 1.31. The van der Waals surface area contributed by atoms with Gasteiger partial charge in [0.2, 0.25) is 5.91 Å². The van der Waals surface area contributed by atoms with Crippen LogP contribution in [0.3, 0.4) is 0 Å². The van der Waals surface area contributed by atoms with E-state index in [1.165, 1.54) is 18.2 Å². The first-order chi connectivity index (χ1) is 13.5. The predicted octanol–water partition coefficient (Wildman–Crippen LogP) is 4.46. The van der Waals surface area contributed by atoms with Crippen LogP contribution in [0.15, 0.2) is 78.9 Å². The van der Waals surface area contributed by atoms with Crippen LogP contribution in [0.5, 0.6) is 0 Å². The minimum atomic E-state index is -0.884. The topological polar surface area (TPSA) is 58.2 Å². The summed E-state index contributed by atoms with van der Waals surface area (Å²) < 4.78 is 13.9. The van der Waals surface area contributed by atoms with Crippen molar-refractivity contribution in [3.8, 4) is 0 Å². The van der Waals surface area contributed by atoms with Crippen molar-refractivity contribution in [3.05, 3.63) is 101 Å². The van der Waals surface area contributed by atoms with Gasteiger partial charge in [-0.1, -0.05) is 54.1 Å². The molecule has 1 unspecified atom stereocenters. The van der Waals surface area contributed by atoms with Crippen molar-refractivity contribution < 1.29 is 14.0 Å². The molecule has 2 N–H and O–H groups in total. The molecule has 0 aliphatic carbocycles. The van der Waals surface area contributed by atoms with Crippen LogP contribution in [-0.2, 0) is 11.2 Å². The van der Waals surface area contributed by atoms with E-state index in [2.05, 4.69) is 10.6 Å². The summed E-state index contributed by atoms with van der Waals surface area (Å²) in [7, 11) is 0. The van der Waals surface area contributed by atoms with Crippen molar-refractivity contribution in [2.24, 2.45) is 0 Å². The van der Waals surface area contributed by atoms with E-state index in [0.29, 0.717) is 10.6 Å². The van der Waals surface area contributed by atoms with Crippen LogP contribution in [0, 0.1) is 5.82 Å². The number of para-hydroxylation sites is 1. The molecule has 0 heterocycles. The van der Waals surface area contributed by atoms with Gasteiger partial charge in [-0.3, -0.25) is 9.59 Å². The number of nitrogens with one attached hydrogen (secondary N) is 2. The van der Waals surface area contributed by atoms with Gasteiger partial charge in [-0.05, 0) is 42.0 Å². The van der Waals surface area contributed by atoms with Crippen molar-refractivity contribution in [3.63, 3.8) is 0 Å². The Morgan fingerprint density at radius 3 is 2.21 bits per heavy atom. The maximum absolute atomic E-state index is 13.9. The number of amides is 2. The van der Waals surface area contributed by atoms with Gasteiger partial charge in [0.1, 0.15) is 11.9 Å². The van der Waals surface area contributed by atoms with Gasteiger partial charge >= 0.3 is 0 Å². The van der Waals surface area contributed by atoms with Gasteiger partial charge in [-0.15, -0.1) is 0 Å². The molecular weight excluding hydrogens is 379 g/mol. The Labute approximate surface area is 167 Å². The fraction of sp³-hybridized carbons (Fsp3) is 0.0909. The zero-order chi connectivity index (χ0) is 19.9. The van der Waals surface area contributed by atoms with Crippen LogP contribution in [0.2, 0.25) is 5.02 Å². The summed E-state index contributed by atoms with van der Waals surface area (Å²) in [5, 5.41) is 5.78. The van der Waals surface area contributed by atoms with E-state index in [1.807, 2.05) is 30.3 Å². The molecule has 2 amide bonds. The molecule has 6 heteroatoms. The number of hydrogen-bond acceptors (Lipinski definition) is 2. The number of benzene rings is 3. The molecule has 0 saturated carbocycles. The van der Waals surface area contributed by atoms with Crippen LogP contribution in [-0.4, -0.2) is 17.9 Å². The average molecular weight is 397 g/mol. The van der Waals surface area contributed by atoms with E-state index in [-0.39, 0.29) is 12.1 Å². The van der Waals surface area contributed by atoms with Gasteiger partial charge in [-0.2, -0.15) is 0 Å². The summed E-state index contributed by atoms with van der Waals surface area (Å²) in [4.78, 5) is 25.3. The van der Waals surface area contributed by atoms with Crippen LogP contribution in [0.4, 0.5) is 10.1 Å². The molecule has 3 aromatic rings. The first kappa shape index (κ1) is 19.6. The lowest BCUT2D eigenvalue weighted by Crippen LogP contribution is -2.45. The molecule has 3 aromatic carbocycles. The summed E-state index contributed by atoms with van der Waals surface area (Å²) in [6, 6.07) is 20.6. The molecule has 4 nitrogen and oxygen atoms in total. The Morgan fingerprint density at radius 2 is 1.54 bits per heavy atom. The van der Waals surface area contributed by atoms with Gasteiger partial charge in [-0.25, -0.2) is 4.39 Å². The minimum absolute atomic E-state index is 0.0614. The van der Waals surface area contributed by atoms with E-state index >= 15 is 0 Å². The third-order valence-electron chi connectivity index (χ3n) is 4.14. The Balaban J connectivity index is 1.79. The van der Waals surface area contributed by atoms with Crippen LogP contribution in [0.25, 0.3) is 0 Å². The van der Waals surface area contributed by atoms with E-state index in [0.717, 1.165) is 5.56 Å². The van der Waals surface area contributed by atoms with Crippen molar-refractivity contribution in [1.82, 2.24) is 5.32 Å². The molecular formula is C22H18ClFN2O2. The quantitative estimate of drug-likeness (QED) is 0.646. The summed E-state index contributed by atoms with van der Waals surface area (Å²) >= 11 is 5.85. The lowest BCUT2D eigenvalue weighted by molar-refractivity contribution is -0.118. The molecule has 1 atom stereocenters. The number of halogens is 2. The fourth-order valence-electron chi connectivity index (χ4n) is 2.68. The summed E-state index contributed by atoms with van der Waals surface area (Å²) in [6.45, 7) is 0. The van der Waals surface area contributed by atoms with Crippen molar-refractivity contribution in [2.45, 2.75) is 12.5 Å². The Bertz CT molecular complexity index is 962. The minimum Gasteiger partial charge on any atom is -0.340 e. The number of hydrogen-bond donors (Lipinski definition) is 2. The molecule has 3 rings (SSSR count). The predicted molar refractivity (Wildman–Crippen MR) is 108 cm³/mol. The summed E-state index contributed by atoms with van der Waals surface area (Å²) in [6.07, 6.45) is 0.264. The normalized spacial score (nSPS) is 11.5. The molecule has 0 aliphatic heterocycles. The summed E-state index contributed by atoms with van der Waals surface area (Å²) in [5.74, 6) is -1.46. The lowest BCUT2D eigenvalue weighted by atomic mass is 10.0. The van der Waals surface area contributed by atoms with Crippen LogP contribution < -0.4 is 10.6 Å². The molecule has 0 aliphatic rings. The van der Waals surface area contributed by atoms with E-state index < -0.39 is 23.7 Å². The maximum atomic E-state index is 13.9. The molecule has 0 fully saturated rings. The van der Waals surface area contributed by atoms with Crippen LogP contribution in [0.1, 0.15) is 15.9 Å². The first-order valence-corrected chi connectivity index (χ1v) is 9.06. The molecule has 142 valence electrons. The lowest BCUT2D eigenvalue weighted by Gasteiger charge is -2.19. The molecule has 0 saturated heterocycles. The molecule has 0 bridgehead atoms. The number of carbonyl (C=O) groups excluding carboxylic acids is 2. The monoisotopic (exact) mass is 396 g/mol. The van der Waals surface area contributed by atoms with Crippen molar-refractivity contribution >= 4 is 29.1 Å². The molecule has 0 aromatic heterocycles.